The molecule has 2 amide bonds. The maximum Gasteiger partial charge on any atom is 0.338 e. The minimum Gasteiger partial charge on any atom is -0.493 e. The normalized spacial score (nSPS) is 16.8. The van der Waals surface area contributed by atoms with E-state index >= 15 is 0 Å². The molecule has 1 aliphatic heterocycles. The molecule has 1 aliphatic rings. The fourth-order valence-electron chi connectivity index (χ4n) is 3.32. The molecule has 0 aromatic heterocycles. The van der Waals surface area contributed by atoms with Crippen molar-refractivity contribution in [1.82, 2.24) is 10.2 Å². The van der Waals surface area contributed by atoms with Crippen molar-refractivity contribution < 1.29 is 28.6 Å². The van der Waals surface area contributed by atoms with Crippen molar-refractivity contribution in [3.63, 3.8) is 0 Å². The van der Waals surface area contributed by atoms with Gasteiger partial charge in [0.15, 0.2) is 16.7 Å². The number of nitrogens with zero attached hydrogens (tertiary/aromatic N) is 2. The second-order valence-corrected chi connectivity index (χ2v) is 8.43. The van der Waals surface area contributed by atoms with Crippen LogP contribution in [0, 0.1) is 0 Å². The molecule has 0 spiro atoms. The molecule has 1 fully saturated rings. The summed E-state index contributed by atoms with van der Waals surface area (Å²) >= 11 is 1.22. The number of benzene rings is 2. The third-order valence-corrected chi connectivity index (χ3v) is 6.26. The molecule has 1 heterocycles. The van der Waals surface area contributed by atoms with Gasteiger partial charge in [-0.15, -0.1) is 0 Å². The lowest BCUT2D eigenvalue weighted by molar-refractivity contribution is -0.130. The highest BCUT2D eigenvalue weighted by Crippen LogP contribution is 2.32. The van der Waals surface area contributed by atoms with Crippen LogP contribution in [0.2, 0.25) is 0 Å². The highest BCUT2D eigenvalue weighted by Gasteiger charge is 2.35. The van der Waals surface area contributed by atoms with Gasteiger partial charge < -0.3 is 19.5 Å². The summed E-state index contributed by atoms with van der Waals surface area (Å²) in [6.45, 7) is 2.27. The molecule has 0 aliphatic carbocycles. The Bertz CT molecular complexity index is 1090. The van der Waals surface area contributed by atoms with Gasteiger partial charge in [-0.05, 0) is 48.9 Å². The van der Waals surface area contributed by atoms with E-state index in [-0.39, 0.29) is 31.4 Å². The number of hydrogen-bond donors (Lipinski definition) is 1. The van der Waals surface area contributed by atoms with Crippen LogP contribution in [0.4, 0.5) is 5.69 Å². The Balaban J connectivity index is 1.92. The van der Waals surface area contributed by atoms with Gasteiger partial charge >= 0.3 is 5.97 Å². The lowest BCUT2D eigenvalue weighted by Gasteiger charge is -2.31. The summed E-state index contributed by atoms with van der Waals surface area (Å²) in [4.78, 5) is 43.4. The maximum atomic E-state index is 13.1. The van der Waals surface area contributed by atoms with Crippen molar-refractivity contribution in [1.29, 1.82) is 0 Å². The first-order valence-electron chi connectivity index (χ1n) is 10.7. The summed E-state index contributed by atoms with van der Waals surface area (Å²) in [5.74, 6) is 0.256. The molecular weight excluding hydrogens is 458 g/mol. The Morgan fingerprint density at radius 1 is 1.12 bits per heavy atom. The van der Waals surface area contributed by atoms with Crippen LogP contribution in [-0.2, 0) is 20.9 Å². The first kappa shape index (κ1) is 25.1. The first-order valence-corrected chi connectivity index (χ1v) is 11.5. The van der Waals surface area contributed by atoms with Crippen LogP contribution >= 0.6 is 11.8 Å². The smallest absolute Gasteiger partial charge is 0.338 e. The number of rotatable bonds is 8. The summed E-state index contributed by atoms with van der Waals surface area (Å²) in [7, 11) is 4.64. The molecule has 1 saturated heterocycles. The van der Waals surface area contributed by atoms with Gasteiger partial charge in [-0.3, -0.25) is 14.5 Å². The highest BCUT2D eigenvalue weighted by molar-refractivity contribution is 8.15. The molecule has 0 radical (unpaired) electrons. The molecule has 9 nitrogen and oxygen atoms in total. The third kappa shape index (κ3) is 5.88. The van der Waals surface area contributed by atoms with Gasteiger partial charge in [0, 0.05) is 13.5 Å². The van der Waals surface area contributed by atoms with Gasteiger partial charge in [-0.1, -0.05) is 17.8 Å². The van der Waals surface area contributed by atoms with E-state index in [9.17, 15) is 14.4 Å². The minimum absolute atomic E-state index is 0.0540. The van der Waals surface area contributed by atoms with Crippen molar-refractivity contribution in [3.05, 3.63) is 53.6 Å². The number of amidine groups is 1. The number of aliphatic imine (C=N–C) groups is 1. The predicted octanol–water partition coefficient (Wildman–Crippen LogP) is 3.15. The second kappa shape index (κ2) is 11.6. The quantitative estimate of drug-likeness (QED) is 0.573. The average Bonchev–Trinajstić information content (AvgIpc) is 2.85. The number of amides is 2. The van der Waals surface area contributed by atoms with E-state index in [4.69, 9.17) is 14.2 Å². The number of carbonyl (C=O) groups excluding carboxylic acids is 3. The van der Waals surface area contributed by atoms with Crippen LogP contribution in [0.5, 0.6) is 11.5 Å². The monoisotopic (exact) mass is 485 g/mol. The van der Waals surface area contributed by atoms with Crippen molar-refractivity contribution in [2.75, 3.05) is 27.9 Å². The Kier molecular flexibility index (Phi) is 8.53. The largest absolute Gasteiger partial charge is 0.493 e. The SMILES string of the molecule is CCOC(=O)c1ccc(N=C2SC(C(=O)NC)CC(=O)N2Cc2ccc(OC)c(OC)c2)cc1. The van der Waals surface area contributed by atoms with Crippen molar-refractivity contribution >= 4 is 40.4 Å². The lowest BCUT2D eigenvalue weighted by atomic mass is 10.1. The number of carbonyl (C=O) groups is 3. The molecule has 1 atom stereocenters. The zero-order valence-electron chi connectivity index (χ0n) is 19.5. The minimum atomic E-state index is -0.586. The average molecular weight is 486 g/mol. The highest BCUT2D eigenvalue weighted by atomic mass is 32.2. The molecule has 2 aromatic carbocycles. The number of esters is 1. The number of thioether (sulfide) groups is 1. The number of hydrogen-bond acceptors (Lipinski definition) is 8. The molecule has 0 saturated carbocycles. The van der Waals surface area contributed by atoms with E-state index in [1.807, 2.05) is 6.07 Å². The van der Waals surface area contributed by atoms with E-state index in [2.05, 4.69) is 10.3 Å². The van der Waals surface area contributed by atoms with Crippen LogP contribution in [-0.4, -0.2) is 61.0 Å². The van der Waals surface area contributed by atoms with Gasteiger partial charge in [0.25, 0.3) is 0 Å². The Labute approximate surface area is 202 Å². The predicted molar refractivity (Wildman–Crippen MR) is 130 cm³/mol. The second-order valence-electron chi connectivity index (χ2n) is 7.26. The maximum absolute atomic E-state index is 13.1. The van der Waals surface area contributed by atoms with Crippen LogP contribution < -0.4 is 14.8 Å². The fourth-order valence-corrected chi connectivity index (χ4v) is 4.47. The van der Waals surface area contributed by atoms with Gasteiger partial charge in [0.1, 0.15) is 0 Å². The van der Waals surface area contributed by atoms with Crippen LogP contribution in [0.15, 0.2) is 47.5 Å². The van der Waals surface area contributed by atoms with Gasteiger partial charge in [-0.25, -0.2) is 9.79 Å². The summed E-state index contributed by atoms with van der Waals surface area (Å²) in [6.07, 6.45) is 0.0540. The molecule has 1 unspecified atom stereocenters. The fraction of sp³-hybridized carbons (Fsp3) is 0.333. The first-order chi connectivity index (χ1) is 16.4. The van der Waals surface area contributed by atoms with Gasteiger partial charge in [-0.2, -0.15) is 0 Å². The van der Waals surface area contributed by atoms with Crippen LogP contribution in [0.25, 0.3) is 0 Å². The lowest BCUT2D eigenvalue weighted by Crippen LogP contribution is -2.45. The molecule has 2 aromatic rings. The van der Waals surface area contributed by atoms with E-state index in [0.29, 0.717) is 27.9 Å². The van der Waals surface area contributed by atoms with Crippen molar-refractivity contribution in [2.24, 2.45) is 4.99 Å². The molecule has 180 valence electrons. The van der Waals surface area contributed by atoms with Crippen LogP contribution in [0.3, 0.4) is 0 Å². The van der Waals surface area contributed by atoms with E-state index in [1.54, 1.807) is 62.4 Å². The molecule has 10 heteroatoms. The molecule has 0 bridgehead atoms. The van der Waals surface area contributed by atoms with Crippen LogP contribution in [0.1, 0.15) is 29.3 Å². The zero-order chi connectivity index (χ0) is 24.7. The summed E-state index contributed by atoms with van der Waals surface area (Å²) in [6, 6.07) is 12.0. The van der Waals surface area contributed by atoms with Gasteiger partial charge in [0.05, 0.1) is 43.9 Å². The third-order valence-electron chi connectivity index (χ3n) is 5.07. The summed E-state index contributed by atoms with van der Waals surface area (Å²) in [5, 5.41) is 2.40. The Morgan fingerprint density at radius 3 is 2.44 bits per heavy atom. The van der Waals surface area contributed by atoms with Gasteiger partial charge in [0.2, 0.25) is 11.8 Å². The Morgan fingerprint density at radius 2 is 1.82 bits per heavy atom. The molecule has 34 heavy (non-hydrogen) atoms. The van der Waals surface area contributed by atoms with E-state index in [1.165, 1.54) is 18.8 Å². The Hall–Kier alpha value is -3.53. The summed E-state index contributed by atoms with van der Waals surface area (Å²) < 4.78 is 15.7. The van der Waals surface area contributed by atoms with E-state index < -0.39 is 11.2 Å². The molecular formula is C24H27N3O6S. The number of methoxy groups -OCH3 is 2. The topological polar surface area (TPSA) is 107 Å². The molecule has 1 N–H and O–H groups in total. The number of ether oxygens (including phenoxy) is 3. The zero-order valence-corrected chi connectivity index (χ0v) is 20.3. The van der Waals surface area contributed by atoms with Crippen molar-refractivity contribution in [2.45, 2.75) is 25.1 Å². The molecule has 3 rings (SSSR count). The standard InChI is InChI=1S/C24H27N3O6S/c1-5-33-23(30)16-7-9-17(10-8-16)26-24-27(21(28)13-20(34-24)22(29)25-2)14-15-6-11-18(31-3)19(12-15)32-4/h6-12,20H,5,13-14H2,1-4H3,(H,25,29). The summed E-state index contributed by atoms with van der Waals surface area (Å²) in [5.41, 5.74) is 1.76. The van der Waals surface area contributed by atoms with Crippen molar-refractivity contribution in [3.8, 4) is 11.5 Å². The van der Waals surface area contributed by atoms with E-state index in [0.717, 1.165) is 5.56 Å². The number of nitrogens with one attached hydrogen (secondary N) is 1.